The van der Waals surface area contributed by atoms with Crippen LogP contribution in [0.5, 0.6) is 11.6 Å². The summed E-state index contributed by atoms with van der Waals surface area (Å²) in [5.41, 5.74) is 8.34. The maximum absolute atomic E-state index is 11.1. The Morgan fingerprint density at radius 1 is 1.31 bits per heavy atom. The van der Waals surface area contributed by atoms with Gasteiger partial charge in [0.2, 0.25) is 11.8 Å². The van der Waals surface area contributed by atoms with Gasteiger partial charge in [-0.1, -0.05) is 25.8 Å². The second-order valence-electron chi connectivity index (χ2n) is 6.82. The molecule has 3 N–H and O–H groups in total. The van der Waals surface area contributed by atoms with Crippen LogP contribution in [0.3, 0.4) is 0 Å². The van der Waals surface area contributed by atoms with Gasteiger partial charge in [-0.05, 0) is 61.6 Å². The Hall–Kier alpha value is -2.40. The van der Waals surface area contributed by atoms with E-state index in [0.29, 0.717) is 17.5 Å². The number of rotatable bonds is 8. The van der Waals surface area contributed by atoms with E-state index in [1.54, 1.807) is 12.1 Å². The van der Waals surface area contributed by atoms with Crippen LogP contribution in [0.4, 0.5) is 0 Å². The number of carbonyl (C=O) groups excluding carboxylic acids is 1. The van der Waals surface area contributed by atoms with Crippen molar-refractivity contribution in [3.8, 4) is 11.6 Å². The van der Waals surface area contributed by atoms with Crippen molar-refractivity contribution in [2.24, 2.45) is 5.73 Å². The van der Waals surface area contributed by atoms with E-state index in [1.807, 2.05) is 6.07 Å². The molecule has 0 fully saturated rings. The van der Waals surface area contributed by atoms with Gasteiger partial charge in [-0.2, -0.15) is 0 Å². The van der Waals surface area contributed by atoms with E-state index in [4.69, 9.17) is 10.5 Å². The zero-order valence-corrected chi connectivity index (χ0v) is 15.3. The topological polar surface area (TPSA) is 77.2 Å². The van der Waals surface area contributed by atoms with Gasteiger partial charge in [-0.25, -0.2) is 4.98 Å². The van der Waals surface area contributed by atoms with Gasteiger partial charge in [0.05, 0.1) is 5.56 Å². The molecule has 1 aromatic heterocycles. The number of aryl methyl sites for hydroxylation is 1. The summed E-state index contributed by atoms with van der Waals surface area (Å²) in [6.07, 6.45) is 8.65. The van der Waals surface area contributed by atoms with Crippen molar-refractivity contribution in [3.05, 3.63) is 53.2 Å². The third-order valence-corrected chi connectivity index (χ3v) is 4.84. The van der Waals surface area contributed by atoms with Crippen molar-refractivity contribution in [2.75, 3.05) is 6.54 Å². The van der Waals surface area contributed by atoms with Gasteiger partial charge >= 0.3 is 0 Å². The fourth-order valence-electron chi connectivity index (χ4n) is 3.42. The lowest BCUT2D eigenvalue weighted by atomic mass is 9.87. The minimum absolute atomic E-state index is 0.375. The van der Waals surface area contributed by atoms with Gasteiger partial charge in [0.1, 0.15) is 5.75 Å². The molecule has 26 heavy (non-hydrogen) atoms. The first kappa shape index (κ1) is 18.4. The molecule has 1 aromatic carbocycles. The number of nitrogens with two attached hydrogens (primary N) is 1. The van der Waals surface area contributed by atoms with Crippen molar-refractivity contribution in [2.45, 2.75) is 51.5 Å². The molecule has 138 valence electrons. The number of carbonyl (C=O) groups is 1. The van der Waals surface area contributed by atoms with Crippen LogP contribution in [-0.2, 0) is 6.42 Å². The van der Waals surface area contributed by atoms with Crippen molar-refractivity contribution in [3.63, 3.8) is 0 Å². The summed E-state index contributed by atoms with van der Waals surface area (Å²) >= 11 is 0. The summed E-state index contributed by atoms with van der Waals surface area (Å²) < 4.78 is 5.84. The smallest absolute Gasteiger partial charge is 0.250 e. The second kappa shape index (κ2) is 8.81. The lowest BCUT2D eigenvalue weighted by molar-refractivity contribution is 0.1000. The molecule has 0 saturated carbocycles. The average Bonchev–Trinajstić information content (AvgIpc) is 2.65. The SMILES string of the molecule is CCCCCNC1CCCc2cc(Oc3ccc(C(N)=O)cn3)ccc21. The molecular weight excluding hydrogens is 326 g/mol. The van der Waals surface area contributed by atoms with Gasteiger partial charge in [0, 0.05) is 18.3 Å². The number of fused-ring (bicyclic) bond motifs is 1. The third kappa shape index (κ3) is 4.61. The largest absolute Gasteiger partial charge is 0.439 e. The molecule has 1 unspecified atom stereocenters. The normalized spacial score (nSPS) is 16.1. The van der Waals surface area contributed by atoms with Crippen LogP contribution in [0, 0.1) is 0 Å². The Kier molecular flexibility index (Phi) is 6.23. The Morgan fingerprint density at radius 2 is 2.19 bits per heavy atom. The third-order valence-electron chi connectivity index (χ3n) is 4.84. The molecule has 1 amide bonds. The van der Waals surface area contributed by atoms with Gasteiger partial charge in [-0.3, -0.25) is 4.79 Å². The molecular formula is C21H27N3O2. The highest BCUT2D eigenvalue weighted by molar-refractivity contribution is 5.92. The number of aromatic nitrogens is 1. The number of nitrogens with zero attached hydrogens (tertiary/aromatic N) is 1. The molecule has 1 aliphatic rings. The molecule has 5 nitrogen and oxygen atoms in total. The Labute approximate surface area is 155 Å². The Bertz CT molecular complexity index is 743. The lowest BCUT2D eigenvalue weighted by Crippen LogP contribution is -2.26. The highest BCUT2D eigenvalue weighted by Crippen LogP contribution is 2.33. The van der Waals surface area contributed by atoms with Gasteiger partial charge in [-0.15, -0.1) is 0 Å². The van der Waals surface area contributed by atoms with Crippen molar-refractivity contribution in [1.29, 1.82) is 0 Å². The van der Waals surface area contributed by atoms with Crippen molar-refractivity contribution >= 4 is 5.91 Å². The first-order valence-electron chi connectivity index (χ1n) is 9.47. The Morgan fingerprint density at radius 3 is 2.92 bits per heavy atom. The van der Waals surface area contributed by atoms with Crippen LogP contribution in [0.25, 0.3) is 0 Å². The van der Waals surface area contributed by atoms with E-state index in [2.05, 4.69) is 29.4 Å². The number of pyridine rings is 1. The highest BCUT2D eigenvalue weighted by atomic mass is 16.5. The van der Waals surface area contributed by atoms with E-state index in [1.165, 1.54) is 49.4 Å². The number of ether oxygens (including phenoxy) is 1. The number of hydrogen-bond acceptors (Lipinski definition) is 4. The predicted octanol–water partition coefficient (Wildman–Crippen LogP) is 4.13. The molecule has 3 rings (SSSR count). The molecule has 1 aliphatic carbocycles. The standard InChI is InChI=1S/C21H27N3O2/c1-2-3-4-12-23-19-7-5-6-15-13-17(9-10-18(15)19)26-20-11-8-16(14-24-20)21(22)25/h8-11,13-14,19,23H,2-7,12H2,1H3,(H2,22,25). The number of hydrogen-bond donors (Lipinski definition) is 2. The minimum Gasteiger partial charge on any atom is -0.439 e. The molecule has 2 aromatic rings. The molecule has 0 spiro atoms. The average molecular weight is 353 g/mol. The summed E-state index contributed by atoms with van der Waals surface area (Å²) in [6, 6.07) is 10.0. The van der Waals surface area contributed by atoms with Crippen LogP contribution in [-0.4, -0.2) is 17.4 Å². The van der Waals surface area contributed by atoms with E-state index >= 15 is 0 Å². The van der Waals surface area contributed by atoms with Crippen molar-refractivity contribution in [1.82, 2.24) is 10.3 Å². The second-order valence-corrected chi connectivity index (χ2v) is 6.82. The summed E-state index contributed by atoms with van der Waals surface area (Å²) in [6.45, 7) is 3.31. The predicted molar refractivity (Wildman–Crippen MR) is 102 cm³/mol. The first-order chi connectivity index (χ1) is 12.7. The van der Waals surface area contributed by atoms with Crippen LogP contribution in [0.1, 0.15) is 66.6 Å². The van der Waals surface area contributed by atoms with Crippen LogP contribution in [0.15, 0.2) is 36.5 Å². The van der Waals surface area contributed by atoms with Crippen LogP contribution >= 0.6 is 0 Å². The van der Waals surface area contributed by atoms with Crippen LogP contribution in [0.2, 0.25) is 0 Å². The first-order valence-corrected chi connectivity index (χ1v) is 9.47. The van der Waals surface area contributed by atoms with E-state index in [0.717, 1.165) is 18.7 Å². The molecule has 1 heterocycles. The molecule has 0 bridgehead atoms. The Balaban J connectivity index is 1.67. The fraction of sp³-hybridized carbons (Fsp3) is 0.429. The number of amides is 1. The number of primary amides is 1. The molecule has 0 radical (unpaired) electrons. The maximum Gasteiger partial charge on any atom is 0.250 e. The summed E-state index contributed by atoms with van der Waals surface area (Å²) in [5, 5.41) is 3.70. The monoisotopic (exact) mass is 353 g/mol. The summed E-state index contributed by atoms with van der Waals surface area (Å²) in [5.74, 6) is 0.741. The summed E-state index contributed by atoms with van der Waals surface area (Å²) in [4.78, 5) is 15.3. The zero-order chi connectivity index (χ0) is 18.4. The molecule has 5 heteroatoms. The van der Waals surface area contributed by atoms with E-state index in [-0.39, 0.29) is 0 Å². The van der Waals surface area contributed by atoms with Gasteiger partial charge in [0.15, 0.2) is 0 Å². The van der Waals surface area contributed by atoms with Crippen molar-refractivity contribution < 1.29 is 9.53 Å². The van der Waals surface area contributed by atoms with Gasteiger partial charge < -0.3 is 15.8 Å². The zero-order valence-electron chi connectivity index (χ0n) is 15.3. The van der Waals surface area contributed by atoms with E-state index in [9.17, 15) is 4.79 Å². The quantitative estimate of drug-likeness (QED) is 0.700. The highest BCUT2D eigenvalue weighted by Gasteiger charge is 2.20. The van der Waals surface area contributed by atoms with Gasteiger partial charge in [0.25, 0.3) is 0 Å². The molecule has 0 saturated heterocycles. The maximum atomic E-state index is 11.1. The fourth-order valence-corrected chi connectivity index (χ4v) is 3.42. The number of nitrogens with one attached hydrogen (secondary N) is 1. The molecule has 1 atom stereocenters. The number of unbranched alkanes of at least 4 members (excludes halogenated alkanes) is 2. The minimum atomic E-state index is -0.490. The number of benzene rings is 1. The van der Waals surface area contributed by atoms with E-state index < -0.39 is 5.91 Å². The molecule has 0 aliphatic heterocycles. The lowest BCUT2D eigenvalue weighted by Gasteiger charge is -2.27. The van der Waals surface area contributed by atoms with Crippen LogP contribution < -0.4 is 15.8 Å². The summed E-state index contributed by atoms with van der Waals surface area (Å²) in [7, 11) is 0.